The third kappa shape index (κ3) is 6.19. The number of hydrogen-bond donors (Lipinski definition) is 1. The van der Waals surface area contributed by atoms with Gasteiger partial charge in [-0.2, -0.15) is 0 Å². The molecule has 0 saturated heterocycles. The highest BCUT2D eigenvalue weighted by atomic mass is 15.0. The standard InChI is InChI=1S/C14H31N/c1-5-9-10-13-14(11-6-2,12-7-3)15-8-4/h15H,5-13H2,1-4H3. The lowest BCUT2D eigenvalue weighted by Crippen LogP contribution is -2.45. The largest absolute Gasteiger partial charge is 0.312 e. The summed E-state index contributed by atoms with van der Waals surface area (Å²) >= 11 is 0. The van der Waals surface area contributed by atoms with Gasteiger partial charge in [0.15, 0.2) is 0 Å². The van der Waals surface area contributed by atoms with Gasteiger partial charge in [0.1, 0.15) is 0 Å². The van der Waals surface area contributed by atoms with Crippen LogP contribution in [0.2, 0.25) is 0 Å². The first-order chi connectivity index (χ1) is 7.24. The number of unbranched alkanes of at least 4 members (excludes halogenated alkanes) is 2. The highest BCUT2D eigenvalue weighted by Gasteiger charge is 2.25. The zero-order chi connectivity index (χ0) is 11.6. The van der Waals surface area contributed by atoms with E-state index in [1.165, 1.54) is 51.4 Å². The highest BCUT2D eigenvalue weighted by molar-refractivity contribution is 4.86. The van der Waals surface area contributed by atoms with E-state index in [1.54, 1.807) is 0 Å². The van der Waals surface area contributed by atoms with Crippen molar-refractivity contribution in [3.05, 3.63) is 0 Å². The first-order valence-electron chi connectivity index (χ1n) is 6.99. The first-order valence-corrected chi connectivity index (χ1v) is 6.99. The molecule has 1 N–H and O–H groups in total. The summed E-state index contributed by atoms with van der Waals surface area (Å²) in [5.41, 5.74) is 0.452. The Morgan fingerprint density at radius 3 is 1.73 bits per heavy atom. The molecule has 0 saturated carbocycles. The van der Waals surface area contributed by atoms with Gasteiger partial charge in [-0.3, -0.25) is 0 Å². The Morgan fingerprint density at radius 2 is 1.33 bits per heavy atom. The van der Waals surface area contributed by atoms with Crippen LogP contribution < -0.4 is 5.32 Å². The number of hydrogen-bond acceptors (Lipinski definition) is 1. The second-order valence-electron chi connectivity index (χ2n) is 4.77. The maximum absolute atomic E-state index is 3.76. The molecule has 0 fully saturated rings. The van der Waals surface area contributed by atoms with Crippen molar-refractivity contribution in [1.82, 2.24) is 5.32 Å². The lowest BCUT2D eigenvalue weighted by atomic mass is 9.83. The van der Waals surface area contributed by atoms with Crippen molar-refractivity contribution in [2.45, 2.75) is 84.6 Å². The molecule has 1 nitrogen and oxygen atoms in total. The molecule has 0 atom stereocenters. The van der Waals surface area contributed by atoms with Crippen molar-refractivity contribution < 1.29 is 0 Å². The van der Waals surface area contributed by atoms with Crippen molar-refractivity contribution in [2.24, 2.45) is 0 Å². The lowest BCUT2D eigenvalue weighted by molar-refractivity contribution is 0.253. The van der Waals surface area contributed by atoms with Gasteiger partial charge in [0, 0.05) is 5.54 Å². The molecule has 0 bridgehead atoms. The van der Waals surface area contributed by atoms with Crippen LogP contribution in [-0.2, 0) is 0 Å². The van der Waals surface area contributed by atoms with E-state index in [0.717, 1.165) is 6.54 Å². The summed E-state index contributed by atoms with van der Waals surface area (Å²) in [7, 11) is 0. The van der Waals surface area contributed by atoms with Crippen LogP contribution in [-0.4, -0.2) is 12.1 Å². The fourth-order valence-corrected chi connectivity index (χ4v) is 2.69. The Hall–Kier alpha value is -0.0400. The second-order valence-corrected chi connectivity index (χ2v) is 4.77. The maximum Gasteiger partial charge on any atom is 0.0181 e. The molecule has 92 valence electrons. The average molecular weight is 213 g/mol. The summed E-state index contributed by atoms with van der Waals surface area (Å²) < 4.78 is 0. The van der Waals surface area contributed by atoms with Gasteiger partial charge in [-0.1, -0.05) is 59.8 Å². The van der Waals surface area contributed by atoms with Gasteiger partial charge in [0.25, 0.3) is 0 Å². The van der Waals surface area contributed by atoms with Crippen molar-refractivity contribution >= 4 is 0 Å². The van der Waals surface area contributed by atoms with E-state index in [4.69, 9.17) is 0 Å². The van der Waals surface area contributed by atoms with E-state index in [-0.39, 0.29) is 0 Å². The van der Waals surface area contributed by atoms with Crippen molar-refractivity contribution in [3.63, 3.8) is 0 Å². The van der Waals surface area contributed by atoms with Crippen LogP contribution in [0, 0.1) is 0 Å². The zero-order valence-electron chi connectivity index (χ0n) is 11.4. The maximum atomic E-state index is 3.76. The third-order valence-electron chi connectivity index (χ3n) is 3.27. The molecule has 0 aliphatic rings. The summed E-state index contributed by atoms with van der Waals surface area (Å²) in [6, 6.07) is 0. The summed E-state index contributed by atoms with van der Waals surface area (Å²) in [5.74, 6) is 0. The minimum absolute atomic E-state index is 0.452. The topological polar surface area (TPSA) is 12.0 Å². The van der Waals surface area contributed by atoms with Crippen LogP contribution in [0.25, 0.3) is 0 Å². The smallest absolute Gasteiger partial charge is 0.0181 e. The van der Waals surface area contributed by atoms with Gasteiger partial charge in [-0.25, -0.2) is 0 Å². The Morgan fingerprint density at radius 1 is 0.733 bits per heavy atom. The molecule has 0 unspecified atom stereocenters. The predicted octanol–water partition coefficient (Wildman–Crippen LogP) is 4.52. The predicted molar refractivity (Wildman–Crippen MR) is 70.4 cm³/mol. The summed E-state index contributed by atoms with van der Waals surface area (Å²) in [5, 5.41) is 3.76. The first kappa shape index (κ1) is 15.0. The average Bonchev–Trinajstić information content (AvgIpc) is 2.19. The molecule has 0 heterocycles. The summed E-state index contributed by atoms with van der Waals surface area (Å²) in [4.78, 5) is 0. The number of rotatable bonds is 10. The van der Waals surface area contributed by atoms with Gasteiger partial charge in [-0.15, -0.1) is 0 Å². The van der Waals surface area contributed by atoms with E-state index in [1.807, 2.05) is 0 Å². The zero-order valence-corrected chi connectivity index (χ0v) is 11.4. The molecule has 15 heavy (non-hydrogen) atoms. The van der Waals surface area contributed by atoms with Crippen LogP contribution in [0.15, 0.2) is 0 Å². The Kier molecular flexibility index (Phi) is 9.18. The summed E-state index contributed by atoms with van der Waals surface area (Å²) in [6.07, 6.45) is 10.8. The molecule has 0 rings (SSSR count). The van der Waals surface area contributed by atoms with Gasteiger partial charge in [0.2, 0.25) is 0 Å². The number of nitrogens with one attached hydrogen (secondary N) is 1. The second kappa shape index (κ2) is 9.21. The Bertz CT molecular complexity index is 114. The molecule has 0 amide bonds. The van der Waals surface area contributed by atoms with Gasteiger partial charge >= 0.3 is 0 Å². The normalized spacial score (nSPS) is 12.0. The van der Waals surface area contributed by atoms with Crippen LogP contribution in [0.3, 0.4) is 0 Å². The van der Waals surface area contributed by atoms with Crippen molar-refractivity contribution in [1.29, 1.82) is 0 Å². The summed E-state index contributed by atoms with van der Waals surface area (Å²) in [6.45, 7) is 10.3. The van der Waals surface area contributed by atoms with E-state index < -0.39 is 0 Å². The molecule has 0 spiro atoms. The molecule has 0 aromatic rings. The van der Waals surface area contributed by atoms with Crippen LogP contribution >= 0.6 is 0 Å². The fraction of sp³-hybridized carbons (Fsp3) is 1.00. The van der Waals surface area contributed by atoms with Crippen molar-refractivity contribution in [3.8, 4) is 0 Å². The SMILES string of the molecule is CCCCCC(CCC)(CCC)NCC. The van der Waals surface area contributed by atoms with Gasteiger partial charge < -0.3 is 5.32 Å². The van der Waals surface area contributed by atoms with Gasteiger partial charge in [-0.05, 0) is 25.8 Å². The van der Waals surface area contributed by atoms with E-state index in [0.29, 0.717) is 5.54 Å². The van der Waals surface area contributed by atoms with E-state index in [2.05, 4.69) is 33.0 Å². The molecule has 0 aliphatic heterocycles. The lowest BCUT2D eigenvalue weighted by Gasteiger charge is -2.35. The van der Waals surface area contributed by atoms with Crippen LogP contribution in [0.1, 0.15) is 79.1 Å². The third-order valence-corrected chi connectivity index (χ3v) is 3.27. The van der Waals surface area contributed by atoms with Crippen molar-refractivity contribution in [2.75, 3.05) is 6.54 Å². The minimum atomic E-state index is 0.452. The Labute approximate surface area is 97.0 Å². The molecule has 1 heteroatoms. The highest BCUT2D eigenvalue weighted by Crippen LogP contribution is 2.26. The van der Waals surface area contributed by atoms with E-state index >= 15 is 0 Å². The molecule has 0 aliphatic carbocycles. The molecule has 0 radical (unpaired) electrons. The molecule has 0 aromatic carbocycles. The monoisotopic (exact) mass is 213 g/mol. The van der Waals surface area contributed by atoms with Gasteiger partial charge in [0.05, 0.1) is 0 Å². The quantitative estimate of drug-likeness (QED) is 0.526. The molecular weight excluding hydrogens is 182 g/mol. The molecular formula is C14H31N. The minimum Gasteiger partial charge on any atom is -0.312 e. The van der Waals surface area contributed by atoms with Crippen LogP contribution in [0.5, 0.6) is 0 Å². The molecule has 0 aromatic heterocycles. The fourth-order valence-electron chi connectivity index (χ4n) is 2.69. The van der Waals surface area contributed by atoms with Crippen LogP contribution in [0.4, 0.5) is 0 Å². The Balaban J connectivity index is 4.18. The van der Waals surface area contributed by atoms with E-state index in [9.17, 15) is 0 Å².